The number of pyridine rings is 1. The van der Waals surface area contributed by atoms with Crippen LogP contribution in [0.4, 0.5) is 0 Å². The lowest BCUT2D eigenvalue weighted by atomic mass is 10.1. The van der Waals surface area contributed by atoms with Crippen molar-refractivity contribution >= 4 is 6.29 Å². The Morgan fingerprint density at radius 3 is 2.86 bits per heavy atom. The van der Waals surface area contributed by atoms with E-state index in [2.05, 4.69) is 4.98 Å². The quantitative estimate of drug-likeness (QED) is 0.678. The summed E-state index contributed by atoms with van der Waals surface area (Å²) >= 11 is 0. The maximum Gasteiger partial charge on any atom is 0.185 e. The molecule has 0 aliphatic rings. The Labute approximate surface area is 81.4 Å². The Morgan fingerprint density at radius 1 is 1.36 bits per heavy atom. The van der Waals surface area contributed by atoms with Crippen LogP contribution in [0.5, 0.6) is 0 Å². The fraction of sp³-hybridized carbons (Fsp3) is 0.0909. The topological polar surface area (TPSA) is 43.1 Å². The highest BCUT2D eigenvalue weighted by Gasteiger charge is 2.07. The van der Waals surface area contributed by atoms with Crippen LogP contribution in [-0.2, 0) is 0 Å². The van der Waals surface area contributed by atoms with Gasteiger partial charge in [-0.05, 0) is 19.1 Å². The summed E-state index contributed by atoms with van der Waals surface area (Å²) < 4.78 is 5.00. The molecule has 0 fully saturated rings. The van der Waals surface area contributed by atoms with Crippen LogP contribution < -0.4 is 0 Å². The molecule has 70 valence electrons. The number of nitrogens with zero attached hydrogens (tertiary/aromatic N) is 1. The molecular formula is C11H9NO2. The second-order valence-electron chi connectivity index (χ2n) is 3.00. The number of rotatable bonds is 2. The van der Waals surface area contributed by atoms with E-state index in [1.165, 1.54) is 6.26 Å². The molecule has 0 radical (unpaired) electrons. The SMILES string of the molecule is Cc1ccc(-c2ccoc2C=O)cn1. The first-order chi connectivity index (χ1) is 6.81. The second-order valence-corrected chi connectivity index (χ2v) is 3.00. The molecule has 3 nitrogen and oxygen atoms in total. The summed E-state index contributed by atoms with van der Waals surface area (Å²) in [5.41, 5.74) is 2.63. The molecule has 2 aromatic rings. The molecule has 0 spiro atoms. The summed E-state index contributed by atoms with van der Waals surface area (Å²) in [6.07, 6.45) is 3.93. The van der Waals surface area contributed by atoms with Gasteiger partial charge in [-0.15, -0.1) is 0 Å². The molecule has 0 aromatic carbocycles. The zero-order valence-electron chi connectivity index (χ0n) is 7.73. The van der Waals surface area contributed by atoms with Gasteiger partial charge >= 0.3 is 0 Å². The first kappa shape index (κ1) is 8.69. The number of carbonyl (C=O) groups is 1. The minimum Gasteiger partial charge on any atom is -0.461 e. The fourth-order valence-electron chi connectivity index (χ4n) is 1.28. The number of hydrogen-bond acceptors (Lipinski definition) is 3. The van der Waals surface area contributed by atoms with E-state index in [4.69, 9.17) is 4.42 Å². The molecule has 2 aromatic heterocycles. The van der Waals surface area contributed by atoms with Crippen LogP contribution in [0.2, 0.25) is 0 Å². The molecule has 2 heterocycles. The average molecular weight is 187 g/mol. The van der Waals surface area contributed by atoms with Crippen LogP contribution in [0.3, 0.4) is 0 Å². The Morgan fingerprint density at radius 2 is 2.21 bits per heavy atom. The first-order valence-electron chi connectivity index (χ1n) is 4.27. The molecule has 14 heavy (non-hydrogen) atoms. The predicted molar refractivity (Wildman–Crippen MR) is 52.1 cm³/mol. The number of carbonyl (C=O) groups excluding carboxylic acids is 1. The summed E-state index contributed by atoms with van der Waals surface area (Å²) in [5, 5.41) is 0. The van der Waals surface area contributed by atoms with E-state index in [0.29, 0.717) is 12.0 Å². The molecule has 0 saturated carbocycles. The molecule has 0 unspecified atom stereocenters. The van der Waals surface area contributed by atoms with Crippen molar-refractivity contribution in [1.29, 1.82) is 0 Å². The normalized spacial score (nSPS) is 10.1. The number of aromatic nitrogens is 1. The van der Waals surface area contributed by atoms with Crippen molar-refractivity contribution in [1.82, 2.24) is 4.98 Å². The highest BCUT2D eigenvalue weighted by molar-refractivity contribution is 5.83. The average Bonchev–Trinajstić information content (AvgIpc) is 2.67. The standard InChI is InChI=1S/C11H9NO2/c1-8-2-3-9(6-12-8)10-4-5-14-11(10)7-13/h2-7H,1H3. The van der Waals surface area contributed by atoms with Crippen molar-refractivity contribution in [3.05, 3.63) is 42.1 Å². The molecule has 0 aliphatic heterocycles. The number of aldehydes is 1. The zero-order valence-corrected chi connectivity index (χ0v) is 7.73. The van der Waals surface area contributed by atoms with E-state index in [-0.39, 0.29) is 0 Å². The van der Waals surface area contributed by atoms with Gasteiger partial charge in [0.2, 0.25) is 0 Å². The van der Waals surface area contributed by atoms with Crippen LogP contribution in [0.25, 0.3) is 11.1 Å². The first-order valence-corrected chi connectivity index (χ1v) is 4.27. The Balaban J connectivity index is 2.49. The maximum atomic E-state index is 10.6. The third-order valence-corrected chi connectivity index (χ3v) is 2.02. The van der Waals surface area contributed by atoms with Gasteiger partial charge in [0.15, 0.2) is 12.0 Å². The minimum atomic E-state index is 0.343. The molecule has 0 amide bonds. The minimum absolute atomic E-state index is 0.343. The van der Waals surface area contributed by atoms with Crippen LogP contribution in [0.1, 0.15) is 16.2 Å². The van der Waals surface area contributed by atoms with E-state index >= 15 is 0 Å². The van der Waals surface area contributed by atoms with Gasteiger partial charge in [0, 0.05) is 23.0 Å². The predicted octanol–water partition coefficient (Wildman–Crippen LogP) is 2.46. The van der Waals surface area contributed by atoms with E-state index < -0.39 is 0 Å². The van der Waals surface area contributed by atoms with Crippen LogP contribution >= 0.6 is 0 Å². The number of hydrogen-bond donors (Lipinski definition) is 0. The van der Waals surface area contributed by atoms with Gasteiger partial charge in [-0.3, -0.25) is 9.78 Å². The molecule has 0 saturated heterocycles. The third kappa shape index (κ3) is 1.44. The Kier molecular flexibility index (Phi) is 2.14. The van der Waals surface area contributed by atoms with Crippen molar-refractivity contribution < 1.29 is 9.21 Å². The molecule has 0 aliphatic carbocycles. The number of furan rings is 1. The Hall–Kier alpha value is -1.90. The molecule has 2 rings (SSSR count). The van der Waals surface area contributed by atoms with Crippen molar-refractivity contribution in [2.24, 2.45) is 0 Å². The van der Waals surface area contributed by atoms with Gasteiger partial charge in [-0.2, -0.15) is 0 Å². The number of aryl methyl sites for hydroxylation is 1. The van der Waals surface area contributed by atoms with Gasteiger partial charge in [-0.25, -0.2) is 0 Å². The largest absolute Gasteiger partial charge is 0.461 e. The lowest BCUT2D eigenvalue weighted by molar-refractivity contribution is 0.110. The van der Waals surface area contributed by atoms with E-state index in [1.54, 1.807) is 12.3 Å². The molecule has 0 N–H and O–H groups in total. The molecule has 0 bridgehead atoms. The summed E-state index contributed by atoms with van der Waals surface area (Å²) in [4.78, 5) is 14.8. The van der Waals surface area contributed by atoms with Gasteiger partial charge in [-0.1, -0.05) is 6.07 Å². The zero-order chi connectivity index (χ0) is 9.97. The summed E-state index contributed by atoms with van der Waals surface area (Å²) in [6.45, 7) is 1.92. The van der Waals surface area contributed by atoms with Crippen LogP contribution in [0.15, 0.2) is 35.1 Å². The second kappa shape index (κ2) is 3.46. The van der Waals surface area contributed by atoms with E-state index in [1.807, 2.05) is 19.1 Å². The molecule has 0 atom stereocenters. The smallest absolute Gasteiger partial charge is 0.185 e. The maximum absolute atomic E-state index is 10.6. The lowest BCUT2D eigenvalue weighted by Crippen LogP contribution is -1.84. The van der Waals surface area contributed by atoms with Crippen molar-refractivity contribution in [3.8, 4) is 11.1 Å². The van der Waals surface area contributed by atoms with Gasteiger partial charge in [0.05, 0.1) is 6.26 Å². The van der Waals surface area contributed by atoms with E-state index in [0.717, 1.165) is 16.8 Å². The fourth-order valence-corrected chi connectivity index (χ4v) is 1.28. The van der Waals surface area contributed by atoms with Crippen molar-refractivity contribution in [3.63, 3.8) is 0 Å². The van der Waals surface area contributed by atoms with Crippen LogP contribution in [0, 0.1) is 6.92 Å². The molecular weight excluding hydrogens is 178 g/mol. The van der Waals surface area contributed by atoms with Gasteiger partial charge < -0.3 is 4.42 Å². The lowest BCUT2D eigenvalue weighted by Gasteiger charge is -1.97. The van der Waals surface area contributed by atoms with Crippen LogP contribution in [-0.4, -0.2) is 11.3 Å². The van der Waals surface area contributed by atoms with Gasteiger partial charge in [0.25, 0.3) is 0 Å². The van der Waals surface area contributed by atoms with Crippen molar-refractivity contribution in [2.45, 2.75) is 6.92 Å². The summed E-state index contributed by atoms with van der Waals surface area (Å²) in [6, 6.07) is 5.58. The summed E-state index contributed by atoms with van der Waals surface area (Å²) in [5.74, 6) is 0.343. The molecule has 3 heteroatoms. The third-order valence-electron chi connectivity index (χ3n) is 2.02. The van der Waals surface area contributed by atoms with Gasteiger partial charge in [0.1, 0.15) is 0 Å². The highest BCUT2D eigenvalue weighted by Crippen LogP contribution is 2.22. The van der Waals surface area contributed by atoms with E-state index in [9.17, 15) is 4.79 Å². The Bertz CT molecular complexity index is 443. The van der Waals surface area contributed by atoms with Crippen molar-refractivity contribution in [2.75, 3.05) is 0 Å². The summed E-state index contributed by atoms with van der Waals surface area (Å²) in [7, 11) is 0. The monoisotopic (exact) mass is 187 g/mol. The highest BCUT2D eigenvalue weighted by atomic mass is 16.3.